The molecule has 0 spiro atoms. The lowest BCUT2D eigenvalue weighted by Gasteiger charge is -2.11. The monoisotopic (exact) mass is 457 g/mol. The van der Waals surface area contributed by atoms with Gasteiger partial charge in [-0.15, -0.1) is 0 Å². The van der Waals surface area contributed by atoms with E-state index in [9.17, 15) is 9.59 Å². The highest BCUT2D eigenvalue weighted by Gasteiger charge is 2.14. The van der Waals surface area contributed by atoms with E-state index >= 15 is 0 Å². The number of carbonyl (C=O) groups excluding carboxylic acids is 2. The summed E-state index contributed by atoms with van der Waals surface area (Å²) in [7, 11) is 3.30. The smallest absolute Gasteiger partial charge is 0.259 e. The van der Waals surface area contributed by atoms with Crippen LogP contribution in [0.15, 0.2) is 54.6 Å². The molecule has 1 amide bonds. The van der Waals surface area contributed by atoms with Crippen molar-refractivity contribution in [2.24, 2.45) is 0 Å². The first-order valence-corrected chi connectivity index (χ1v) is 10.2. The molecule has 1 aromatic heterocycles. The van der Waals surface area contributed by atoms with Crippen LogP contribution in [0.4, 0.5) is 0 Å². The van der Waals surface area contributed by atoms with Gasteiger partial charge in [0.05, 0.1) is 11.4 Å². The summed E-state index contributed by atoms with van der Waals surface area (Å²) in [5.74, 6) is 0.0475. The van der Waals surface area contributed by atoms with Gasteiger partial charge in [0.25, 0.3) is 5.91 Å². The number of aromatic nitrogens is 2. The van der Waals surface area contributed by atoms with E-state index in [0.717, 1.165) is 5.69 Å². The number of hydrogen-bond donors (Lipinski definition) is 0. The number of likely N-dealkylation sites (N-methyl/N-ethyl adjacent to an activating group) is 1. The Kier molecular flexibility index (Phi) is 7.15. The van der Waals surface area contributed by atoms with Crippen molar-refractivity contribution >= 4 is 41.0 Å². The third-order valence-electron chi connectivity index (χ3n) is 4.48. The molecule has 31 heavy (non-hydrogen) atoms. The molecule has 0 unspecified atom stereocenters. The van der Waals surface area contributed by atoms with Gasteiger partial charge in [-0.1, -0.05) is 41.4 Å². The summed E-state index contributed by atoms with van der Waals surface area (Å²) in [6.07, 6.45) is 3.07. The van der Waals surface area contributed by atoms with Gasteiger partial charge in [0.2, 0.25) is 0 Å². The molecule has 6 nitrogen and oxygen atoms in total. The van der Waals surface area contributed by atoms with Crippen LogP contribution in [0.3, 0.4) is 0 Å². The zero-order chi connectivity index (χ0) is 22.5. The number of rotatable bonds is 7. The fourth-order valence-electron chi connectivity index (χ4n) is 2.75. The molecule has 0 aliphatic carbocycles. The summed E-state index contributed by atoms with van der Waals surface area (Å²) in [6.45, 7) is 1.71. The normalized spacial score (nSPS) is 11.0. The Morgan fingerprint density at radius 2 is 1.87 bits per heavy atom. The predicted octanol–water partition coefficient (Wildman–Crippen LogP) is 4.85. The third-order valence-corrected chi connectivity index (χ3v) is 5.08. The van der Waals surface area contributed by atoms with Gasteiger partial charge >= 0.3 is 0 Å². The van der Waals surface area contributed by atoms with Crippen LogP contribution >= 0.6 is 23.2 Å². The van der Waals surface area contributed by atoms with Crippen LogP contribution in [-0.2, 0) is 4.79 Å². The maximum atomic E-state index is 12.7. The van der Waals surface area contributed by atoms with Gasteiger partial charge < -0.3 is 9.64 Å². The van der Waals surface area contributed by atoms with Crippen LogP contribution in [-0.4, -0.2) is 47.1 Å². The second-order valence-electron chi connectivity index (χ2n) is 6.98. The Balaban J connectivity index is 1.77. The van der Waals surface area contributed by atoms with Crippen molar-refractivity contribution in [2.45, 2.75) is 6.92 Å². The summed E-state index contributed by atoms with van der Waals surface area (Å²) >= 11 is 12.6. The van der Waals surface area contributed by atoms with Crippen molar-refractivity contribution in [3.8, 4) is 11.4 Å². The highest BCUT2D eigenvalue weighted by molar-refractivity contribution is 6.32. The van der Waals surface area contributed by atoms with Crippen LogP contribution in [0.25, 0.3) is 11.8 Å². The van der Waals surface area contributed by atoms with Gasteiger partial charge in [0.1, 0.15) is 10.9 Å². The number of carbonyl (C=O) groups is 2. The molecule has 0 fully saturated rings. The lowest BCUT2D eigenvalue weighted by molar-refractivity contribution is -0.130. The largest absolute Gasteiger partial charge is 0.484 e. The van der Waals surface area contributed by atoms with Gasteiger partial charge in [0, 0.05) is 30.2 Å². The van der Waals surface area contributed by atoms with Gasteiger partial charge in [-0.25, -0.2) is 4.68 Å². The molecule has 2 aromatic carbocycles. The Bertz CT molecular complexity index is 1150. The maximum Gasteiger partial charge on any atom is 0.259 e. The van der Waals surface area contributed by atoms with Crippen LogP contribution in [0, 0.1) is 6.92 Å². The fourth-order valence-corrected chi connectivity index (χ4v) is 3.27. The van der Waals surface area contributed by atoms with E-state index in [1.54, 1.807) is 61.3 Å². The van der Waals surface area contributed by atoms with E-state index in [0.29, 0.717) is 32.7 Å². The van der Waals surface area contributed by atoms with Crippen molar-refractivity contribution in [2.75, 3.05) is 20.7 Å². The highest BCUT2D eigenvalue weighted by Crippen LogP contribution is 2.26. The first kappa shape index (κ1) is 22.6. The van der Waals surface area contributed by atoms with Gasteiger partial charge in [-0.3, -0.25) is 9.59 Å². The van der Waals surface area contributed by atoms with Gasteiger partial charge in [0.15, 0.2) is 12.4 Å². The van der Waals surface area contributed by atoms with Crippen LogP contribution in [0.1, 0.15) is 21.6 Å². The van der Waals surface area contributed by atoms with Crippen molar-refractivity contribution in [3.05, 3.63) is 81.6 Å². The predicted molar refractivity (Wildman–Crippen MR) is 122 cm³/mol. The molecule has 8 heteroatoms. The van der Waals surface area contributed by atoms with Crippen LogP contribution < -0.4 is 4.74 Å². The van der Waals surface area contributed by atoms with E-state index in [4.69, 9.17) is 27.9 Å². The van der Waals surface area contributed by atoms with Crippen molar-refractivity contribution < 1.29 is 14.3 Å². The maximum absolute atomic E-state index is 12.7. The zero-order valence-electron chi connectivity index (χ0n) is 17.3. The first-order valence-electron chi connectivity index (χ1n) is 9.42. The van der Waals surface area contributed by atoms with E-state index < -0.39 is 0 Å². The minimum atomic E-state index is -0.227. The topological polar surface area (TPSA) is 64.4 Å². The molecule has 0 aliphatic rings. The lowest BCUT2D eigenvalue weighted by atomic mass is 10.1. The SMILES string of the molecule is Cc1nn(-c2cccc(Cl)c2)c(Cl)c1C=CC(=O)c1cccc(OCC(=O)N(C)C)c1. The quantitative estimate of drug-likeness (QED) is 0.375. The number of nitrogens with zero attached hydrogens (tertiary/aromatic N) is 3. The molecule has 0 saturated heterocycles. The molecule has 0 radical (unpaired) electrons. The van der Waals surface area contributed by atoms with E-state index in [1.807, 2.05) is 19.1 Å². The Labute approximate surface area is 190 Å². The molecule has 3 aromatic rings. The average Bonchev–Trinajstić information content (AvgIpc) is 3.03. The number of allylic oxidation sites excluding steroid dienone is 1. The number of hydrogen-bond acceptors (Lipinski definition) is 4. The number of ketones is 1. The molecular formula is C23H21Cl2N3O3. The van der Waals surface area contributed by atoms with Crippen molar-refractivity contribution in [1.82, 2.24) is 14.7 Å². The summed E-state index contributed by atoms with van der Waals surface area (Å²) in [5.41, 5.74) is 2.47. The van der Waals surface area contributed by atoms with E-state index in [1.165, 1.54) is 11.0 Å². The number of aryl methyl sites for hydroxylation is 1. The molecule has 160 valence electrons. The summed E-state index contributed by atoms with van der Waals surface area (Å²) in [5, 5.41) is 5.40. The van der Waals surface area contributed by atoms with E-state index in [2.05, 4.69) is 5.10 Å². The second kappa shape index (κ2) is 9.81. The fraction of sp³-hybridized carbons (Fsp3) is 0.174. The number of amides is 1. The number of benzene rings is 2. The molecular weight excluding hydrogens is 437 g/mol. The molecule has 0 bridgehead atoms. The zero-order valence-corrected chi connectivity index (χ0v) is 18.8. The minimum absolute atomic E-state index is 0.0992. The second-order valence-corrected chi connectivity index (χ2v) is 7.78. The Morgan fingerprint density at radius 1 is 1.13 bits per heavy atom. The highest BCUT2D eigenvalue weighted by atomic mass is 35.5. The summed E-state index contributed by atoms with van der Waals surface area (Å²) in [6, 6.07) is 13.8. The third kappa shape index (κ3) is 5.54. The number of halogens is 2. The van der Waals surface area contributed by atoms with Crippen LogP contribution in [0.2, 0.25) is 10.2 Å². The lowest BCUT2D eigenvalue weighted by Crippen LogP contribution is -2.27. The molecule has 0 N–H and O–H groups in total. The Hall–Kier alpha value is -3.09. The summed E-state index contributed by atoms with van der Waals surface area (Å²) < 4.78 is 7.04. The molecule has 0 atom stereocenters. The standard InChI is InChI=1S/C23H21Cl2N3O3/c1-15-20(23(25)28(26-15)18-8-5-7-17(24)13-18)10-11-21(29)16-6-4-9-19(12-16)31-14-22(30)27(2)3/h4-13H,14H2,1-3H3. The summed E-state index contributed by atoms with van der Waals surface area (Å²) in [4.78, 5) is 25.8. The number of ether oxygens (including phenoxy) is 1. The first-order chi connectivity index (χ1) is 14.8. The van der Waals surface area contributed by atoms with Crippen LogP contribution in [0.5, 0.6) is 5.75 Å². The molecule has 0 aliphatic heterocycles. The minimum Gasteiger partial charge on any atom is -0.484 e. The molecule has 3 rings (SSSR count). The molecule has 0 saturated carbocycles. The van der Waals surface area contributed by atoms with Crippen molar-refractivity contribution in [1.29, 1.82) is 0 Å². The molecule has 1 heterocycles. The Morgan fingerprint density at radius 3 is 2.58 bits per heavy atom. The average molecular weight is 458 g/mol. The van der Waals surface area contributed by atoms with E-state index in [-0.39, 0.29) is 18.3 Å². The van der Waals surface area contributed by atoms with Crippen molar-refractivity contribution in [3.63, 3.8) is 0 Å². The van der Waals surface area contributed by atoms with Gasteiger partial charge in [-0.2, -0.15) is 5.10 Å². The van der Waals surface area contributed by atoms with Gasteiger partial charge in [-0.05, 0) is 49.4 Å².